The van der Waals surface area contributed by atoms with Crippen LogP contribution in [0.3, 0.4) is 0 Å². The van der Waals surface area contributed by atoms with Crippen molar-refractivity contribution in [3.05, 3.63) is 24.3 Å². The summed E-state index contributed by atoms with van der Waals surface area (Å²) in [5, 5.41) is 0. The van der Waals surface area contributed by atoms with Crippen molar-refractivity contribution in [3.8, 4) is 0 Å². The number of allylic oxidation sites excluding steroid dienone is 4. The average molecular weight is 537 g/mol. The first kappa shape index (κ1) is 18.9. The number of halogens is 6. The maximum Gasteiger partial charge on any atom is 1.00 e. The van der Waals surface area contributed by atoms with Gasteiger partial charge in [0.05, 0.1) is 0 Å². The minimum absolute atomic E-state index is 0. The molecular formula is C8H13F6IrSb. The second-order valence-corrected chi connectivity index (χ2v) is 8.57. The fourth-order valence-electron chi connectivity index (χ4n) is 0.874. The van der Waals surface area contributed by atoms with E-state index in [1.807, 2.05) is 0 Å². The van der Waals surface area contributed by atoms with Crippen LogP contribution in [0, 0.1) is 0 Å². The van der Waals surface area contributed by atoms with Crippen LogP contribution >= 0.6 is 0 Å². The van der Waals surface area contributed by atoms with Crippen LogP contribution in [-0.2, 0) is 20.1 Å². The van der Waals surface area contributed by atoms with Crippen LogP contribution in [0.1, 0.15) is 27.1 Å². The molecule has 0 saturated carbocycles. The Balaban J connectivity index is -0.000000208. The quantitative estimate of drug-likeness (QED) is 0.304. The summed E-state index contributed by atoms with van der Waals surface area (Å²) in [4.78, 5) is 0. The molecule has 0 aromatic carbocycles. The van der Waals surface area contributed by atoms with Gasteiger partial charge in [-0.1, -0.05) is 24.3 Å². The molecule has 0 heterocycles. The molecule has 0 saturated heterocycles. The molecule has 1 rings (SSSR count). The van der Waals surface area contributed by atoms with Crippen LogP contribution in [-0.4, -0.2) is 19.5 Å². The minimum Gasteiger partial charge on any atom is 0 e. The van der Waals surface area contributed by atoms with E-state index in [0.29, 0.717) is 0 Å². The zero-order valence-corrected chi connectivity index (χ0v) is 13.1. The third-order valence-corrected chi connectivity index (χ3v) is 1.37. The van der Waals surface area contributed by atoms with Crippen LogP contribution in [0.5, 0.6) is 0 Å². The number of hydrogen-bond acceptors (Lipinski definition) is 0. The van der Waals surface area contributed by atoms with Gasteiger partial charge in [-0.15, -0.1) is 0 Å². The van der Waals surface area contributed by atoms with Crippen LogP contribution < -0.4 is 0 Å². The third-order valence-electron chi connectivity index (χ3n) is 1.37. The normalized spacial score (nSPS) is 20.1. The first-order valence-electron chi connectivity index (χ1n) is 4.33. The van der Waals surface area contributed by atoms with Gasteiger partial charge in [0.1, 0.15) is 0 Å². The van der Waals surface area contributed by atoms with Crippen LogP contribution in [0.15, 0.2) is 24.3 Å². The van der Waals surface area contributed by atoms with E-state index in [4.69, 9.17) is 0 Å². The van der Waals surface area contributed by atoms with E-state index in [0.717, 1.165) is 0 Å². The summed E-state index contributed by atoms with van der Waals surface area (Å²) >= 11 is -11.2. The standard InChI is InChI=1S/C8H12.6FH.Ir.Sb/c1-2-4-6-8-7-5-3-1;;;;;;;;/h1-4H,5-8H2;6*1H;;/q;;;;;;;;+5/p-5. The van der Waals surface area contributed by atoms with E-state index >= 15 is 0 Å². The van der Waals surface area contributed by atoms with Gasteiger partial charge in [-0.2, -0.15) is 0 Å². The Hall–Kier alpha value is 0.528. The van der Waals surface area contributed by atoms with Crippen LogP contribution in [0.2, 0.25) is 0 Å². The predicted octanol–water partition coefficient (Wildman–Crippen LogP) is 4.92. The van der Waals surface area contributed by atoms with Crippen molar-refractivity contribution >= 4 is 19.5 Å². The smallest absolute Gasteiger partial charge is 0 e. The summed E-state index contributed by atoms with van der Waals surface area (Å²) in [5.41, 5.74) is 0. The molecule has 0 aromatic rings. The van der Waals surface area contributed by atoms with E-state index < -0.39 is 19.5 Å². The molecule has 16 heavy (non-hydrogen) atoms. The predicted molar refractivity (Wildman–Crippen MR) is 50.3 cm³/mol. The summed E-state index contributed by atoms with van der Waals surface area (Å²) in [6.07, 6.45) is 14.0. The maximum atomic E-state index is 9.93. The molecule has 0 spiro atoms. The molecule has 0 atom stereocenters. The fourth-order valence-corrected chi connectivity index (χ4v) is 0.874. The molecule has 0 aliphatic heterocycles. The topological polar surface area (TPSA) is 0 Å². The van der Waals surface area contributed by atoms with Gasteiger partial charge in [0, 0.05) is 20.1 Å². The van der Waals surface area contributed by atoms with E-state index in [-0.39, 0.29) is 21.5 Å². The Kier molecular flexibility index (Phi) is 6.99. The van der Waals surface area contributed by atoms with Crippen LogP contribution in [0.25, 0.3) is 0 Å². The molecule has 0 nitrogen and oxygen atoms in total. The molecule has 0 amide bonds. The van der Waals surface area contributed by atoms with Gasteiger partial charge in [-0.05, 0) is 25.7 Å². The molecule has 1 aliphatic rings. The van der Waals surface area contributed by atoms with E-state index in [1.54, 1.807) is 0 Å². The Labute approximate surface area is 108 Å². The molecule has 8 heteroatoms. The molecule has 0 fully saturated rings. The van der Waals surface area contributed by atoms with Gasteiger partial charge < -0.3 is 0 Å². The monoisotopic (exact) mass is 537 g/mol. The van der Waals surface area contributed by atoms with Crippen molar-refractivity contribution in [2.45, 2.75) is 25.7 Å². The maximum absolute atomic E-state index is 11.2. The van der Waals surface area contributed by atoms with E-state index in [1.165, 1.54) is 25.7 Å². The zero-order chi connectivity index (χ0) is 12.1. The zero-order valence-electron chi connectivity index (χ0n) is 9.19. The van der Waals surface area contributed by atoms with Crippen molar-refractivity contribution < 1.29 is 38.4 Å². The molecule has 0 unspecified atom stereocenters. The van der Waals surface area contributed by atoms with Gasteiger partial charge in [-0.25, -0.2) is 0 Å². The summed E-state index contributed by atoms with van der Waals surface area (Å²) in [7, 11) is 0. The molecule has 101 valence electrons. The number of hydrogen-bond donors (Lipinski definition) is 0. The van der Waals surface area contributed by atoms with Gasteiger partial charge in [0.15, 0.2) is 0 Å². The van der Waals surface area contributed by atoms with Gasteiger partial charge in [-0.3, -0.25) is 0 Å². The van der Waals surface area contributed by atoms with Crippen molar-refractivity contribution in [3.63, 3.8) is 0 Å². The van der Waals surface area contributed by atoms with E-state index in [9.17, 15) is 16.9 Å². The third kappa shape index (κ3) is 36.6. The summed E-state index contributed by atoms with van der Waals surface area (Å²) in [6.45, 7) is 0. The number of rotatable bonds is 0. The fraction of sp³-hybridized carbons (Fsp3) is 0.500. The first-order chi connectivity index (χ1) is 6.45. The molecule has 1 aliphatic carbocycles. The summed E-state index contributed by atoms with van der Waals surface area (Å²) in [5.74, 6) is 0. The van der Waals surface area contributed by atoms with Crippen LogP contribution in [0.4, 0.5) is 16.9 Å². The Bertz CT molecular complexity index is 231. The Morgan fingerprint density at radius 1 is 0.750 bits per heavy atom. The Morgan fingerprint density at radius 2 is 1.00 bits per heavy atom. The largest absolute Gasteiger partial charge is 1.00 e. The SMILES string of the molecule is C1=CCCCCC=C1.[F][Sb-]([F])([F])([F])([F])[F].[H+].[Ir]. The average Bonchev–Trinajstić information content (AvgIpc) is 1.75. The molecule has 0 aromatic heterocycles. The first-order valence-corrected chi connectivity index (χ1v) is 10.1. The molecular weight excluding hydrogens is 524 g/mol. The summed E-state index contributed by atoms with van der Waals surface area (Å²) < 4.78 is 59.6. The van der Waals surface area contributed by atoms with E-state index in [2.05, 4.69) is 24.3 Å². The van der Waals surface area contributed by atoms with Crippen molar-refractivity contribution in [1.82, 2.24) is 0 Å². The Morgan fingerprint density at radius 3 is 1.25 bits per heavy atom. The molecule has 0 N–H and O–H groups in total. The van der Waals surface area contributed by atoms with Crippen molar-refractivity contribution in [2.24, 2.45) is 0 Å². The van der Waals surface area contributed by atoms with Gasteiger partial charge in [0.25, 0.3) is 0 Å². The molecule has 0 bridgehead atoms. The molecule has 1 radical (unpaired) electrons. The minimum atomic E-state index is -11.2. The summed E-state index contributed by atoms with van der Waals surface area (Å²) in [6, 6.07) is 0. The van der Waals surface area contributed by atoms with Gasteiger partial charge in [0.2, 0.25) is 0 Å². The second-order valence-electron chi connectivity index (χ2n) is 3.10. The van der Waals surface area contributed by atoms with Crippen molar-refractivity contribution in [1.29, 1.82) is 0 Å². The second kappa shape index (κ2) is 5.92. The van der Waals surface area contributed by atoms with Gasteiger partial charge >= 0.3 is 37.8 Å². The van der Waals surface area contributed by atoms with Crippen molar-refractivity contribution in [2.75, 3.05) is 0 Å².